The minimum atomic E-state index is -0.700. The zero-order chi connectivity index (χ0) is 37.2. The molecule has 280 valence electrons. The third-order valence-electron chi connectivity index (χ3n) is 11.2. The number of carbonyl (C=O) groups is 3. The van der Waals surface area contributed by atoms with E-state index in [1.165, 1.54) is 7.11 Å². The summed E-state index contributed by atoms with van der Waals surface area (Å²) in [6, 6.07) is 10.9. The van der Waals surface area contributed by atoms with Crippen LogP contribution >= 0.6 is 0 Å². The predicted octanol–water partition coefficient (Wildman–Crippen LogP) is 8.23. The highest BCUT2D eigenvalue weighted by Crippen LogP contribution is 2.42. The van der Waals surface area contributed by atoms with E-state index < -0.39 is 12.1 Å². The van der Waals surface area contributed by atoms with Crippen molar-refractivity contribution < 1.29 is 32.7 Å². The number of nitrogens with zero attached hydrogens (tertiary/aromatic N) is 4. The Hall–Kier alpha value is -5.13. The molecule has 0 bridgehead atoms. The molecule has 0 aliphatic carbocycles. The van der Waals surface area contributed by atoms with E-state index >= 15 is 0 Å². The molecule has 5 unspecified atom stereocenters. The maximum absolute atomic E-state index is 13.7. The Morgan fingerprint density at radius 1 is 0.849 bits per heavy atom. The van der Waals surface area contributed by atoms with Gasteiger partial charge in [0, 0.05) is 42.6 Å². The maximum Gasteiger partial charge on any atom is 0.407 e. The number of oxazole rings is 2. The van der Waals surface area contributed by atoms with Crippen LogP contribution in [-0.4, -0.2) is 63.9 Å². The van der Waals surface area contributed by atoms with Gasteiger partial charge >= 0.3 is 6.09 Å². The Balaban J connectivity index is 1.04. The van der Waals surface area contributed by atoms with E-state index in [1.807, 2.05) is 43.0 Å². The standard InChI is InChI=1S/C41H49N5O7/c1-6-24(3)18-36(47)45-16-8-10-30(45)38-42-23-35(53-38)28-13-12-26-19-29-20-27(14-15-32(29)51-33(26)21-28)34-22-43-39(52-34)31-11-9-17-46(31)40(48)37(25(4)7-2)44-41(49)50-5/h12-15,20-25,30-31,37H,6-11,16-19H2,1-5H3,(H,44,49). The smallest absolute Gasteiger partial charge is 0.407 e. The number of benzene rings is 2. The Morgan fingerprint density at radius 2 is 1.49 bits per heavy atom. The molecule has 12 heteroatoms. The first-order valence-corrected chi connectivity index (χ1v) is 19.0. The lowest BCUT2D eigenvalue weighted by Gasteiger charge is -2.30. The summed E-state index contributed by atoms with van der Waals surface area (Å²) < 4.78 is 23.8. The molecule has 12 nitrogen and oxygen atoms in total. The molecule has 5 atom stereocenters. The van der Waals surface area contributed by atoms with Gasteiger partial charge in [0.2, 0.25) is 23.6 Å². The number of rotatable bonds is 11. The number of hydrogen-bond donors (Lipinski definition) is 1. The van der Waals surface area contributed by atoms with Gasteiger partial charge in [0.05, 0.1) is 19.5 Å². The number of fused-ring (bicyclic) bond motifs is 2. The third-order valence-corrected chi connectivity index (χ3v) is 11.2. The molecule has 3 aliphatic rings. The average Bonchev–Trinajstić information content (AvgIpc) is 4.01. The summed E-state index contributed by atoms with van der Waals surface area (Å²) in [6.07, 6.45) is 9.07. The van der Waals surface area contributed by atoms with Crippen molar-refractivity contribution in [2.24, 2.45) is 11.8 Å². The normalized spacial score (nSPS) is 19.6. The van der Waals surface area contributed by atoms with Gasteiger partial charge in [-0.1, -0.05) is 52.7 Å². The zero-order valence-corrected chi connectivity index (χ0v) is 31.2. The zero-order valence-electron chi connectivity index (χ0n) is 31.2. The van der Waals surface area contributed by atoms with Crippen molar-refractivity contribution in [2.45, 2.75) is 97.2 Å². The lowest BCUT2D eigenvalue weighted by atomic mass is 9.96. The highest BCUT2D eigenvalue weighted by atomic mass is 16.5. The van der Waals surface area contributed by atoms with Gasteiger partial charge in [-0.15, -0.1) is 0 Å². The van der Waals surface area contributed by atoms with Crippen LogP contribution in [0.5, 0.6) is 11.5 Å². The second-order valence-electron chi connectivity index (χ2n) is 14.7. The molecule has 0 spiro atoms. The number of carbonyl (C=O) groups excluding carboxylic acids is 3. The molecular formula is C41H49N5O7. The minimum absolute atomic E-state index is 0.0717. The number of amides is 3. The first kappa shape index (κ1) is 36.2. The largest absolute Gasteiger partial charge is 0.457 e. The van der Waals surface area contributed by atoms with Crippen LogP contribution in [0.25, 0.3) is 22.6 Å². The molecule has 0 radical (unpaired) electrons. The minimum Gasteiger partial charge on any atom is -0.457 e. The first-order valence-electron chi connectivity index (χ1n) is 19.0. The Labute approximate surface area is 310 Å². The third kappa shape index (κ3) is 7.41. The van der Waals surface area contributed by atoms with E-state index in [2.05, 4.69) is 41.3 Å². The van der Waals surface area contributed by atoms with Crippen molar-refractivity contribution in [3.05, 3.63) is 71.7 Å². The van der Waals surface area contributed by atoms with Crippen LogP contribution < -0.4 is 10.1 Å². The summed E-state index contributed by atoms with van der Waals surface area (Å²) in [6.45, 7) is 9.46. The van der Waals surface area contributed by atoms with Crippen molar-refractivity contribution in [3.63, 3.8) is 0 Å². The quantitative estimate of drug-likeness (QED) is 0.143. The summed E-state index contributed by atoms with van der Waals surface area (Å²) in [5.41, 5.74) is 3.80. The molecule has 3 aliphatic heterocycles. The van der Waals surface area contributed by atoms with Crippen LogP contribution in [0.3, 0.4) is 0 Å². The summed E-state index contributed by atoms with van der Waals surface area (Å²) in [7, 11) is 1.29. The predicted molar refractivity (Wildman–Crippen MR) is 197 cm³/mol. The number of hydrogen-bond acceptors (Lipinski definition) is 9. The lowest BCUT2D eigenvalue weighted by molar-refractivity contribution is -0.136. The molecule has 2 saturated heterocycles. The van der Waals surface area contributed by atoms with Crippen molar-refractivity contribution in [2.75, 3.05) is 20.2 Å². The highest BCUT2D eigenvalue weighted by Gasteiger charge is 2.39. The lowest BCUT2D eigenvalue weighted by Crippen LogP contribution is -2.51. The van der Waals surface area contributed by atoms with Gasteiger partial charge in [-0.2, -0.15) is 0 Å². The van der Waals surface area contributed by atoms with Gasteiger partial charge in [0.15, 0.2) is 11.5 Å². The number of likely N-dealkylation sites (tertiary alicyclic amines) is 2. The second kappa shape index (κ2) is 15.5. The summed E-state index contributed by atoms with van der Waals surface area (Å²) in [4.78, 5) is 51.7. The molecule has 7 rings (SSSR count). The highest BCUT2D eigenvalue weighted by molar-refractivity contribution is 5.86. The maximum atomic E-state index is 13.7. The van der Waals surface area contributed by atoms with Crippen molar-refractivity contribution in [1.82, 2.24) is 25.1 Å². The molecule has 2 fully saturated rings. The Morgan fingerprint density at radius 3 is 2.15 bits per heavy atom. The molecule has 2 aromatic heterocycles. The van der Waals surface area contributed by atoms with E-state index in [9.17, 15) is 14.4 Å². The molecule has 2 aromatic carbocycles. The Kier molecular flexibility index (Phi) is 10.6. The number of nitrogens with one attached hydrogen (secondary N) is 1. The van der Waals surface area contributed by atoms with Crippen molar-refractivity contribution in [1.29, 1.82) is 0 Å². The van der Waals surface area contributed by atoms with Gasteiger partial charge < -0.3 is 33.4 Å². The van der Waals surface area contributed by atoms with Gasteiger partial charge in [-0.3, -0.25) is 9.59 Å². The van der Waals surface area contributed by atoms with Gasteiger partial charge in [0.25, 0.3) is 0 Å². The van der Waals surface area contributed by atoms with Crippen LogP contribution in [0, 0.1) is 11.8 Å². The number of aromatic nitrogens is 2. The summed E-state index contributed by atoms with van der Waals surface area (Å²) in [5.74, 6) is 4.13. The summed E-state index contributed by atoms with van der Waals surface area (Å²) in [5, 5.41) is 2.73. The van der Waals surface area contributed by atoms with Crippen molar-refractivity contribution in [3.8, 4) is 34.1 Å². The number of methoxy groups -OCH3 is 1. The molecule has 1 N–H and O–H groups in total. The molecular weight excluding hydrogens is 674 g/mol. The van der Waals surface area contributed by atoms with E-state index in [-0.39, 0.29) is 29.8 Å². The first-order chi connectivity index (χ1) is 25.7. The monoisotopic (exact) mass is 723 g/mol. The fraction of sp³-hybridized carbons (Fsp3) is 0.488. The molecule has 0 saturated carbocycles. The SMILES string of the molecule is CCC(C)CC(=O)N1CCCC1c1ncc(-c2ccc3c(c2)Oc2ccc(-c4cnc(C5CCCN5C(=O)C(NC(=O)OC)C(C)CC)o4)cc2C3)o1. The topological polar surface area (TPSA) is 140 Å². The van der Waals surface area contributed by atoms with Gasteiger partial charge in [0.1, 0.15) is 29.6 Å². The average molecular weight is 724 g/mol. The van der Waals surface area contributed by atoms with Gasteiger partial charge in [-0.25, -0.2) is 14.8 Å². The molecule has 4 aromatic rings. The number of ether oxygens (including phenoxy) is 2. The van der Waals surface area contributed by atoms with Crippen LogP contribution in [-0.2, 0) is 20.7 Å². The second-order valence-corrected chi connectivity index (χ2v) is 14.7. The van der Waals surface area contributed by atoms with E-state index in [0.29, 0.717) is 48.6 Å². The fourth-order valence-electron chi connectivity index (χ4n) is 7.61. The van der Waals surface area contributed by atoms with Crippen molar-refractivity contribution >= 4 is 17.9 Å². The van der Waals surface area contributed by atoms with E-state index in [0.717, 1.165) is 78.8 Å². The van der Waals surface area contributed by atoms with Crippen LogP contribution in [0.4, 0.5) is 4.79 Å². The number of alkyl carbamates (subject to hydrolysis) is 1. The van der Waals surface area contributed by atoms with E-state index in [4.69, 9.17) is 18.3 Å². The van der Waals surface area contributed by atoms with Gasteiger partial charge in [-0.05, 0) is 67.3 Å². The van der Waals surface area contributed by atoms with E-state index in [1.54, 1.807) is 17.3 Å². The Bertz CT molecular complexity index is 1970. The van der Waals surface area contributed by atoms with Crippen LogP contribution in [0.1, 0.15) is 108 Å². The summed E-state index contributed by atoms with van der Waals surface area (Å²) >= 11 is 0. The van der Waals surface area contributed by atoms with Crippen LogP contribution in [0.15, 0.2) is 57.6 Å². The molecule has 5 heterocycles. The van der Waals surface area contributed by atoms with Crippen LogP contribution in [0.2, 0.25) is 0 Å². The molecule has 3 amide bonds. The fourth-order valence-corrected chi connectivity index (χ4v) is 7.61. The molecule has 53 heavy (non-hydrogen) atoms.